The highest BCUT2D eigenvalue weighted by atomic mass is 16.5. The van der Waals surface area contributed by atoms with Crippen LogP contribution in [0.4, 0.5) is 0 Å². The van der Waals surface area contributed by atoms with E-state index in [2.05, 4.69) is 26.1 Å². The third-order valence-corrected chi connectivity index (χ3v) is 3.13. The Morgan fingerprint density at radius 2 is 2.06 bits per heavy atom. The zero-order valence-corrected chi connectivity index (χ0v) is 11.2. The standard InChI is InChI=1S/C14H23NO2/c1-5-14(2,3)10-15-9-11-6-7-12(16)13(8-11)17-4/h6-8,15-16H,5,9-10H2,1-4H3. The second kappa shape index (κ2) is 5.92. The Balaban J connectivity index is 2.53. The van der Waals surface area contributed by atoms with Crippen LogP contribution in [-0.4, -0.2) is 18.8 Å². The number of phenols is 1. The van der Waals surface area contributed by atoms with E-state index in [-0.39, 0.29) is 5.75 Å². The van der Waals surface area contributed by atoms with Crippen molar-refractivity contribution in [3.05, 3.63) is 23.8 Å². The van der Waals surface area contributed by atoms with Gasteiger partial charge >= 0.3 is 0 Å². The Morgan fingerprint density at radius 1 is 1.35 bits per heavy atom. The van der Waals surface area contributed by atoms with E-state index in [0.717, 1.165) is 25.1 Å². The van der Waals surface area contributed by atoms with Crippen LogP contribution in [-0.2, 0) is 6.54 Å². The summed E-state index contributed by atoms with van der Waals surface area (Å²) in [5.41, 5.74) is 1.44. The number of aromatic hydroxyl groups is 1. The minimum absolute atomic E-state index is 0.185. The van der Waals surface area contributed by atoms with Crippen molar-refractivity contribution in [2.75, 3.05) is 13.7 Å². The number of benzene rings is 1. The van der Waals surface area contributed by atoms with E-state index in [1.165, 1.54) is 0 Å². The molecule has 0 heterocycles. The van der Waals surface area contributed by atoms with Crippen LogP contribution in [0.25, 0.3) is 0 Å². The number of nitrogens with one attached hydrogen (secondary N) is 1. The number of phenolic OH excluding ortho intramolecular Hbond substituents is 1. The molecule has 0 saturated heterocycles. The minimum Gasteiger partial charge on any atom is -0.504 e. The smallest absolute Gasteiger partial charge is 0.160 e. The first-order valence-electron chi connectivity index (χ1n) is 6.05. The zero-order valence-electron chi connectivity index (χ0n) is 11.2. The lowest BCUT2D eigenvalue weighted by molar-refractivity contribution is 0.327. The van der Waals surface area contributed by atoms with Gasteiger partial charge in [-0.15, -0.1) is 0 Å². The van der Waals surface area contributed by atoms with Crippen molar-refractivity contribution in [3.63, 3.8) is 0 Å². The van der Waals surface area contributed by atoms with Crippen LogP contribution < -0.4 is 10.1 Å². The van der Waals surface area contributed by atoms with Crippen LogP contribution in [0.2, 0.25) is 0 Å². The molecule has 1 rings (SSSR count). The molecule has 0 aliphatic rings. The molecule has 96 valence electrons. The van der Waals surface area contributed by atoms with Crippen molar-refractivity contribution < 1.29 is 9.84 Å². The van der Waals surface area contributed by atoms with Gasteiger partial charge in [-0.05, 0) is 29.5 Å². The van der Waals surface area contributed by atoms with Crippen molar-refractivity contribution >= 4 is 0 Å². The Morgan fingerprint density at radius 3 is 2.65 bits per heavy atom. The molecule has 17 heavy (non-hydrogen) atoms. The zero-order chi connectivity index (χ0) is 12.9. The molecule has 0 radical (unpaired) electrons. The van der Waals surface area contributed by atoms with E-state index >= 15 is 0 Å². The van der Waals surface area contributed by atoms with Gasteiger partial charge in [-0.2, -0.15) is 0 Å². The molecule has 3 nitrogen and oxygen atoms in total. The normalized spacial score (nSPS) is 11.5. The number of ether oxygens (including phenoxy) is 1. The Bertz CT molecular complexity index is 361. The van der Waals surface area contributed by atoms with Gasteiger partial charge in [-0.25, -0.2) is 0 Å². The lowest BCUT2D eigenvalue weighted by Gasteiger charge is -2.23. The number of methoxy groups -OCH3 is 1. The van der Waals surface area contributed by atoms with Gasteiger partial charge in [0, 0.05) is 13.1 Å². The quantitative estimate of drug-likeness (QED) is 0.799. The molecule has 0 aromatic heterocycles. The van der Waals surface area contributed by atoms with Crippen molar-refractivity contribution in [3.8, 4) is 11.5 Å². The largest absolute Gasteiger partial charge is 0.504 e. The van der Waals surface area contributed by atoms with E-state index < -0.39 is 0 Å². The molecule has 0 fully saturated rings. The van der Waals surface area contributed by atoms with Gasteiger partial charge in [0.15, 0.2) is 11.5 Å². The molecule has 0 amide bonds. The maximum atomic E-state index is 9.48. The molecule has 2 N–H and O–H groups in total. The summed E-state index contributed by atoms with van der Waals surface area (Å²) in [5, 5.41) is 12.9. The first-order valence-corrected chi connectivity index (χ1v) is 6.05. The Labute approximate surface area is 104 Å². The fourth-order valence-electron chi connectivity index (χ4n) is 1.50. The van der Waals surface area contributed by atoms with Crippen LogP contribution in [0, 0.1) is 5.41 Å². The maximum absolute atomic E-state index is 9.48. The highest BCUT2D eigenvalue weighted by Crippen LogP contribution is 2.26. The average molecular weight is 237 g/mol. The van der Waals surface area contributed by atoms with Crippen molar-refractivity contribution in [2.45, 2.75) is 33.7 Å². The first kappa shape index (κ1) is 13.8. The van der Waals surface area contributed by atoms with Crippen LogP contribution in [0.5, 0.6) is 11.5 Å². The molecular weight excluding hydrogens is 214 g/mol. The average Bonchev–Trinajstić information content (AvgIpc) is 2.31. The summed E-state index contributed by atoms with van der Waals surface area (Å²) >= 11 is 0. The lowest BCUT2D eigenvalue weighted by atomic mass is 9.90. The topological polar surface area (TPSA) is 41.5 Å². The van der Waals surface area contributed by atoms with Gasteiger partial charge in [-0.1, -0.05) is 26.8 Å². The second-order valence-corrected chi connectivity index (χ2v) is 5.13. The Hall–Kier alpha value is -1.22. The predicted octanol–water partition coefficient (Wildman–Crippen LogP) is 2.93. The molecule has 0 saturated carbocycles. The SMILES string of the molecule is CCC(C)(C)CNCc1ccc(O)c(OC)c1. The minimum atomic E-state index is 0.185. The molecule has 0 unspecified atom stereocenters. The van der Waals surface area contributed by atoms with Crippen LogP contribution in [0.15, 0.2) is 18.2 Å². The number of hydrogen-bond acceptors (Lipinski definition) is 3. The molecule has 1 aromatic carbocycles. The van der Waals surface area contributed by atoms with Crippen molar-refractivity contribution in [1.29, 1.82) is 0 Å². The third kappa shape index (κ3) is 4.27. The molecular formula is C14H23NO2. The third-order valence-electron chi connectivity index (χ3n) is 3.13. The summed E-state index contributed by atoms with van der Waals surface area (Å²) in [4.78, 5) is 0. The van der Waals surface area contributed by atoms with E-state index in [1.807, 2.05) is 12.1 Å². The van der Waals surface area contributed by atoms with Crippen LogP contribution >= 0.6 is 0 Å². The van der Waals surface area contributed by atoms with Gasteiger partial charge in [0.25, 0.3) is 0 Å². The van der Waals surface area contributed by atoms with Gasteiger partial charge in [0.1, 0.15) is 0 Å². The molecule has 0 atom stereocenters. The molecule has 0 aliphatic heterocycles. The van der Waals surface area contributed by atoms with Crippen LogP contribution in [0.3, 0.4) is 0 Å². The summed E-state index contributed by atoms with van der Waals surface area (Å²) in [6.45, 7) is 8.47. The molecule has 0 aliphatic carbocycles. The van der Waals surface area contributed by atoms with E-state index in [0.29, 0.717) is 11.2 Å². The van der Waals surface area contributed by atoms with Gasteiger partial charge < -0.3 is 15.2 Å². The fraction of sp³-hybridized carbons (Fsp3) is 0.571. The predicted molar refractivity (Wildman–Crippen MR) is 70.4 cm³/mol. The van der Waals surface area contributed by atoms with Gasteiger partial charge in [0.05, 0.1) is 7.11 Å². The van der Waals surface area contributed by atoms with E-state index in [4.69, 9.17) is 4.74 Å². The summed E-state index contributed by atoms with van der Waals surface area (Å²) < 4.78 is 5.08. The summed E-state index contributed by atoms with van der Waals surface area (Å²) in [7, 11) is 1.56. The Kier molecular flexibility index (Phi) is 4.82. The first-order chi connectivity index (χ1) is 7.98. The van der Waals surface area contributed by atoms with Gasteiger partial charge in [0.2, 0.25) is 0 Å². The molecule has 3 heteroatoms. The van der Waals surface area contributed by atoms with Gasteiger partial charge in [-0.3, -0.25) is 0 Å². The van der Waals surface area contributed by atoms with Crippen molar-refractivity contribution in [1.82, 2.24) is 5.32 Å². The summed E-state index contributed by atoms with van der Waals surface area (Å²) in [5.74, 6) is 0.712. The maximum Gasteiger partial charge on any atom is 0.160 e. The molecule has 0 bridgehead atoms. The number of hydrogen-bond donors (Lipinski definition) is 2. The molecule has 1 aromatic rings. The summed E-state index contributed by atoms with van der Waals surface area (Å²) in [6, 6.07) is 5.44. The van der Waals surface area contributed by atoms with Crippen molar-refractivity contribution in [2.24, 2.45) is 5.41 Å². The summed E-state index contributed by atoms with van der Waals surface area (Å²) in [6.07, 6.45) is 1.15. The van der Waals surface area contributed by atoms with E-state index in [9.17, 15) is 5.11 Å². The highest BCUT2D eigenvalue weighted by Gasteiger charge is 2.13. The molecule has 0 spiro atoms. The van der Waals surface area contributed by atoms with E-state index in [1.54, 1.807) is 13.2 Å². The highest BCUT2D eigenvalue weighted by molar-refractivity contribution is 5.41. The fourth-order valence-corrected chi connectivity index (χ4v) is 1.50. The van der Waals surface area contributed by atoms with Crippen LogP contribution in [0.1, 0.15) is 32.8 Å². The lowest BCUT2D eigenvalue weighted by Crippen LogP contribution is -2.28. The second-order valence-electron chi connectivity index (χ2n) is 5.13. The monoisotopic (exact) mass is 237 g/mol. The number of rotatable bonds is 6.